The van der Waals surface area contributed by atoms with Gasteiger partial charge in [0.05, 0.1) is 25.6 Å². The summed E-state index contributed by atoms with van der Waals surface area (Å²) in [7, 11) is 4.08. The van der Waals surface area contributed by atoms with Crippen LogP contribution >= 0.6 is 0 Å². The molecule has 10 nitrogen and oxygen atoms in total. The lowest BCUT2D eigenvalue weighted by atomic mass is 9.85. The zero-order chi connectivity index (χ0) is 23.0. The third-order valence-corrected chi connectivity index (χ3v) is 5.67. The number of imide groups is 1. The number of methoxy groups -OCH3 is 2. The molecule has 2 aliphatic rings. The minimum Gasteiger partial charge on any atom is -0.497 e. The Balaban J connectivity index is 2.00. The number of carbonyl (C=O) groups excluding carboxylic acids is 3. The fraction of sp³-hybridized carbons (Fsp3) is 0.273. The molecule has 166 valence electrons. The van der Waals surface area contributed by atoms with Gasteiger partial charge in [-0.25, -0.2) is 14.5 Å². The number of nitrogens with zero attached hydrogens (tertiary/aromatic N) is 3. The quantitative estimate of drug-likeness (QED) is 0.437. The highest BCUT2D eigenvalue weighted by molar-refractivity contribution is 6.27. The van der Waals surface area contributed by atoms with Gasteiger partial charge in [0.2, 0.25) is 0 Å². The number of ether oxygens (including phenoxy) is 2. The van der Waals surface area contributed by atoms with Crippen molar-refractivity contribution in [2.24, 2.45) is 5.16 Å². The van der Waals surface area contributed by atoms with Crippen molar-refractivity contribution in [2.45, 2.75) is 18.5 Å². The van der Waals surface area contributed by atoms with E-state index in [1.54, 1.807) is 55.5 Å². The lowest BCUT2D eigenvalue weighted by Crippen LogP contribution is -2.76. The summed E-state index contributed by atoms with van der Waals surface area (Å²) in [6.45, 7) is 1.57. The van der Waals surface area contributed by atoms with Crippen LogP contribution in [0.4, 0.5) is 21.0 Å². The smallest absolute Gasteiger partial charge is 0.339 e. The first kappa shape index (κ1) is 21.2. The fourth-order valence-electron chi connectivity index (χ4n) is 4.31. The molecule has 10 heteroatoms. The van der Waals surface area contributed by atoms with Crippen LogP contribution in [-0.4, -0.2) is 50.7 Å². The Morgan fingerprint density at radius 3 is 2.44 bits per heavy atom. The first-order valence-electron chi connectivity index (χ1n) is 9.76. The summed E-state index contributed by atoms with van der Waals surface area (Å²) in [4.78, 5) is 47.4. The molecule has 0 radical (unpaired) electrons. The van der Waals surface area contributed by atoms with Crippen LogP contribution in [0.1, 0.15) is 18.4 Å². The molecule has 2 unspecified atom stereocenters. The molecule has 0 spiro atoms. The number of amides is 4. The molecule has 0 aromatic heterocycles. The average Bonchev–Trinajstić information content (AvgIpc) is 3.09. The number of hydrogen-bond acceptors (Lipinski definition) is 7. The summed E-state index contributed by atoms with van der Waals surface area (Å²) < 4.78 is 10.4. The van der Waals surface area contributed by atoms with Crippen LogP contribution in [0, 0.1) is 0 Å². The summed E-state index contributed by atoms with van der Waals surface area (Å²) in [5.41, 5.74) is -0.240. The van der Waals surface area contributed by atoms with Crippen LogP contribution in [0.2, 0.25) is 0 Å². The van der Waals surface area contributed by atoms with E-state index in [-0.39, 0.29) is 5.71 Å². The van der Waals surface area contributed by atoms with Gasteiger partial charge in [0.15, 0.2) is 5.66 Å². The zero-order valence-corrected chi connectivity index (χ0v) is 18.0. The maximum atomic E-state index is 13.9. The summed E-state index contributed by atoms with van der Waals surface area (Å²) in [6, 6.07) is 12.1. The maximum absolute atomic E-state index is 13.9. The van der Waals surface area contributed by atoms with Crippen LogP contribution in [0.5, 0.6) is 5.75 Å². The van der Waals surface area contributed by atoms with E-state index in [0.29, 0.717) is 22.7 Å². The molecule has 0 aliphatic carbocycles. The van der Waals surface area contributed by atoms with Crippen molar-refractivity contribution in [1.29, 1.82) is 0 Å². The van der Waals surface area contributed by atoms with Gasteiger partial charge in [-0.05, 0) is 30.7 Å². The van der Waals surface area contributed by atoms with Gasteiger partial charge >= 0.3 is 18.0 Å². The molecule has 4 rings (SSSR count). The molecule has 2 atom stereocenters. The zero-order valence-electron chi connectivity index (χ0n) is 18.0. The third kappa shape index (κ3) is 2.87. The van der Waals surface area contributed by atoms with Crippen molar-refractivity contribution >= 4 is 35.1 Å². The summed E-state index contributed by atoms with van der Waals surface area (Å²) in [5.74, 6) is -1.26. The summed E-state index contributed by atoms with van der Waals surface area (Å²) in [5, 5.41) is 6.84. The van der Waals surface area contributed by atoms with Gasteiger partial charge in [-0.3, -0.25) is 9.69 Å². The predicted molar refractivity (Wildman–Crippen MR) is 116 cm³/mol. The first-order chi connectivity index (χ1) is 15.4. The van der Waals surface area contributed by atoms with Crippen molar-refractivity contribution in [3.8, 4) is 5.75 Å². The molecule has 0 bridgehead atoms. The lowest BCUT2D eigenvalue weighted by molar-refractivity contribution is -0.143. The number of fused-ring (bicyclic) bond motifs is 3. The number of rotatable bonds is 5. The topological polar surface area (TPSA) is 110 Å². The second kappa shape index (κ2) is 7.88. The molecule has 1 fully saturated rings. The van der Waals surface area contributed by atoms with Gasteiger partial charge < -0.3 is 19.6 Å². The third-order valence-electron chi connectivity index (χ3n) is 5.67. The number of para-hydroxylation sites is 1. The van der Waals surface area contributed by atoms with E-state index < -0.39 is 29.6 Å². The van der Waals surface area contributed by atoms with Crippen molar-refractivity contribution in [3.05, 3.63) is 54.1 Å². The van der Waals surface area contributed by atoms with Crippen molar-refractivity contribution in [2.75, 3.05) is 31.1 Å². The summed E-state index contributed by atoms with van der Waals surface area (Å²) >= 11 is 0. The van der Waals surface area contributed by atoms with Crippen LogP contribution in [0.25, 0.3) is 0 Å². The van der Waals surface area contributed by atoms with E-state index in [2.05, 4.69) is 10.5 Å². The monoisotopic (exact) mass is 438 g/mol. The number of hydrogen-bond donors (Lipinski definition) is 1. The van der Waals surface area contributed by atoms with Gasteiger partial charge in [0.25, 0.3) is 0 Å². The Morgan fingerprint density at radius 2 is 1.81 bits per heavy atom. The number of carbonyl (C=O) groups is 3. The van der Waals surface area contributed by atoms with Crippen molar-refractivity contribution < 1.29 is 28.7 Å². The van der Waals surface area contributed by atoms with Crippen LogP contribution in [-0.2, 0) is 14.4 Å². The largest absolute Gasteiger partial charge is 0.497 e. The normalized spacial score (nSPS) is 22.1. The van der Waals surface area contributed by atoms with Gasteiger partial charge in [0.1, 0.15) is 24.5 Å². The Kier molecular flexibility index (Phi) is 5.21. The highest BCUT2D eigenvalue weighted by Crippen LogP contribution is 2.51. The maximum Gasteiger partial charge on any atom is 0.339 e. The number of anilines is 2. The Hall–Kier alpha value is -4.08. The van der Waals surface area contributed by atoms with E-state index in [4.69, 9.17) is 14.3 Å². The number of urea groups is 2. The molecular formula is C22H22N4O6. The minimum atomic E-state index is -1.67. The van der Waals surface area contributed by atoms with Gasteiger partial charge in [-0.15, -0.1) is 0 Å². The molecule has 2 aliphatic heterocycles. The molecule has 4 amide bonds. The van der Waals surface area contributed by atoms with E-state index in [9.17, 15) is 14.4 Å². The standard InChI is InChI=1S/C22H22N4O6/c1-13(24-32-4)22-18(19(27)31-3)16-11-10-15(30-2)12-17(16)26(22)21(29)25(20(28)23-22)14-8-6-5-7-9-14/h5-12,18H,1-4H3,(H,23,28)/b24-13+. The Morgan fingerprint density at radius 1 is 1.09 bits per heavy atom. The molecule has 0 saturated carbocycles. The molecule has 2 aromatic rings. The Labute approximate surface area is 184 Å². The van der Waals surface area contributed by atoms with E-state index in [0.717, 1.165) is 4.90 Å². The van der Waals surface area contributed by atoms with Gasteiger partial charge in [0, 0.05) is 6.07 Å². The average molecular weight is 438 g/mol. The number of nitrogens with one attached hydrogen (secondary N) is 1. The van der Waals surface area contributed by atoms with E-state index >= 15 is 0 Å². The van der Waals surface area contributed by atoms with E-state index in [1.807, 2.05) is 0 Å². The fourth-order valence-corrected chi connectivity index (χ4v) is 4.31. The second-order valence-corrected chi connectivity index (χ2v) is 7.23. The SMILES string of the molecule is CO/N=C(\C)C12NC(=O)N(c3ccccc3)C(=O)N1c1cc(OC)ccc1C2C(=O)OC. The molecule has 2 aromatic carbocycles. The molecule has 32 heavy (non-hydrogen) atoms. The highest BCUT2D eigenvalue weighted by Gasteiger charge is 2.65. The second-order valence-electron chi connectivity index (χ2n) is 7.23. The predicted octanol–water partition coefficient (Wildman–Crippen LogP) is 2.84. The summed E-state index contributed by atoms with van der Waals surface area (Å²) in [6.07, 6.45) is 0. The van der Waals surface area contributed by atoms with Crippen molar-refractivity contribution in [3.63, 3.8) is 0 Å². The molecular weight excluding hydrogens is 416 g/mol. The van der Waals surface area contributed by atoms with E-state index in [1.165, 1.54) is 26.2 Å². The molecule has 1 N–H and O–H groups in total. The van der Waals surface area contributed by atoms with Crippen molar-refractivity contribution in [1.82, 2.24) is 5.32 Å². The lowest BCUT2D eigenvalue weighted by Gasteiger charge is -2.47. The van der Waals surface area contributed by atoms with Crippen LogP contribution in [0.3, 0.4) is 0 Å². The first-order valence-corrected chi connectivity index (χ1v) is 9.76. The highest BCUT2D eigenvalue weighted by atomic mass is 16.6. The van der Waals surface area contributed by atoms with Crippen LogP contribution in [0.15, 0.2) is 53.7 Å². The van der Waals surface area contributed by atoms with Gasteiger partial charge in [-0.1, -0.05) is 29.4 Å². The number of benzene rings is 2. The van der Waals surface area contributed by atoms with Gasteiger partial charge in [-0.2, -0.15) is 0 Å². The minimum absolute atomic E-state index is 0.194. The Bertz CT molecular complexity index is 1120. The molecule has 2 heterocycles. The van der Waals surface area contributed by atoms with Crippen LogP contribution < -0.4 is 19.9 Å². The molecule has 1 saturated heterocycles. The number of oxime groups is 1. The number of esters is 1.